The van der Waals surface area contributed by atoms with E-state index in [0.717, 1.165) is 5.56 Å². The smallest absolute Gasteiger partial charge is 0.308 e. The average molecular weight is 1050 g/mol. The summed E-state index contributed by atoms with van der Waals surface area (Å²) in [6, 6.07) is 5.26. The summed E-state index contributed by atoms with van der Waals surface area (Å²) in [5.41, 5.74) is 0.175. The molecule has 19 nitrogen and oxygen atoms in total. The third kappa shape index (κ3) is 19.8. The summed E-state index contributed by atoms with van der Waals surface area (Å²) in [5.74, 6) is -3.90. The van der Waals surface area contributed by atoms with Crippen LogP contribution in [0.25, 0.3) is 0 Å². The van der Waals surface area contributed by atoms with E-state index in [9.17, 15) is 37.2 Å². The van der Waals surface area contributed by atoms with Crippen LogP contribution in [0.2, 0.25) is 0 Å². The predicted molar refractivity (Wildman–Crippen MR) is 278 cm³/mol. The Bertz CT molecular complexity index is 2030. The Labute approximate surface area is 436 Å². The molecule has 3 N–H and O–H groups in total. The molecular formula is C53H90N6O13S. The quantitative estimate of drug-likeness (QED) is 0.0682. The van der Waals surface area contributed by atoms with Crippen LogP contribution in [0.4, 0.5) is 0 Å². The number of carbonyl (C=O) groups excluding carboxylic acids is 6. The molecule has 1 aromatic carbocycles. The van der Waals surface area contributed by atoms with Gasteiger partial charge in [-0.25, -0.2) is 8.42 Å². The molecule has 5 amide bonds. The number of hydrogen-bond acceptors (Lipinski definition) is 14. The number of rotatable bonds is 32. The number of methoxy groups -OCH3 is 2. The van der Waals surface area contributed by atoms with Gasteiger partial charge in [-0.15, -0.1) is 0 Å². The summed E-state index contributed by atoms with van der Waals surface area (Å²) < 4.78 is 56.4. The molecule has 0 spiro atoms. The third-order valence-corrected chi connectivity index (χ3v) is 15.7. The molecule has 0 radical (unpaired) electrons. The fraction of sp³-hybridized carbons (Fsp3) is 0.774. The highest BCUT2D eigenvalue weighted by atomic mass is 32.2. The monoisotopic (exact) mass is 1050 g/mol. The number of amides is 5. The van der Waals surface area contributed by atoms with Gasteiger partial charge in [0.15, 0.2) is 0 Å². The van der Waals surface area contributed by atoms with Crippen molar-refractivity contribution in [1.29, 1.82) is 0 Å². The van der Waals surface area contributed by atoms with Gasteiger partial charge < -0.3 is 44.1 Å². The summed E-state index contributed by atoms with van der Waals surface area (Å²) in [6.45, 7) is 20.8. The minimum atomic E-state index is -3.88. The van der Waals surface area contributed by atoms with Crippen LogP contribution in [0.1, 0.15) is 120 Å². The van der Waals surface area contributed by atoms with Crippen molar-refractivity contribution in [2.24, 2.45) is 23.7 Å². The molecule has 9 atom stereocenters. The van der Waals surface area contributed by atoms with E-state index in [-0.39, 0.29) is 67.3 Å². The summed E-state index contributed by atoms with van der Waals surface area (Å²) in [6.07, 6.45) is 1.40. The number of carbonyl (C=O) groups is 6. The van der Waals surface area contributed by atoms with Gasteiger partial charge in [0.25, 0.3) is 5.91 Å². The molecule has 2 fully saturated rings. The van der Waals surface area contributed by atoms with Gasteiger partial charge in [0.1, 0.15) is 17.7 Å². The normalized spacial score (nSPS) is 18.6. The fourth-order valence-electron chi connectivity index (χ4n) is 9.54. The van der Waals surface area contributed by atoms with Gasteiger partial charge in [0.2, 0.25) is 33.7 Å². The Balaban J connectivity index is 1.69. The molecule has 0 aromatic heterocycles. The van der Waals surface area contributed by atoms with Gasteiger partial charge >= 0.3 is 5.97 Å². The molecule has 3 rings (SSSR count). The Hall–Kier alpha value is -4.21. The van der Waals surface area contributed by atoms with Crippen molar-refractivity contribution in [1.82, 2.24) is 30.1 Å². The largest absolute Gasteiger partial charge is 0.460 e. The number of nitrogens with one attached hydrogen (secondary N) is 3. The first-order chi connectivity index (χ1) is 34.3. The number of esters is 1. The van der Waals surface area contributed by atoms with E-state index >= 15 is 0 Å². The van der Waals surface area contributed by atoms with E-state index in [1.54, 1.807) is 48.0 Å². The molecule has 1 aliphatic carbocycles. The number of hydrogen-bond donors (Lipinski definition) is 3. The maximum Gasteiger partial charge on any atom is 0.308 e. The van der Waals surface area contributed by atoms with Crippen LogP contribution in [-0.2, 0) is 68.9 Å². The number of ether oxygens (including phenoxy) is 5. The summed E-state index contributed by atoms with van der Waals surface area (Å²) in [7, 11) is 2.64. The second-order valence-corrected chi connectivity index (χ2v) is 23.5. The number of likely N-dealkylation sites (N-methyl/N-ethyl adjacent to an activating group) is 2. The molecule has 416 valence electrons. The number of nitrogens with zero attached hydrogens (tertiary/aromatic N) is 3. The minimum absolute atomic E-state index is 0.0555. The summed E-state index contributed by atoms with van der Waals surface area (Å²) in [5, 5.41) is 5.23. The lowest BCUT2D eigenvalue weighted by molar-refractivity contribution is -0.156. The zero-order chi connectivity index (χ0) is 54.8. The van der Waals surface area contributed by atoms with Gasteiger partial charge in [0.05, 0.1) is 80.8 Å². The molecule has 20 heteroatoms. The Morgan fingerprint density at radius 1 is 0.808 bits per heavy atom. The predicted octanol–water partition coefficient (Wildman–Crippen LogP) is 4.10. The highest BCUT2D eigenvalue weighted by molar-refractivity contribution is 7.90. The van der Waals surface area contributed by atoms with Gasteiger partial charge in [-0.3, -0.25) is 38.4 Å². The van der Waals surface area contributed by atoms with Crippen molar-refractivity contribution in [3.8, 4) is 0 Å². The number of sulfonamides is 1. The van der Waals surface area contributed by atoms with Crippen LogP contribution in [0.5, 0.6) is 0 Å². The molecule has 1 saturated carbocycles. The summed E-state index contributed by atoms with van der Waals surface area (Å²) in [4.78, 5) is 87.9. The maximum atomic E-state index is 14.6. The van der Waals surface area contributed by atoms with Crippen molar-refractivity contribution in [2.45, 2.75) is 174 Å². The van der Waals surface area contributed by atoms with Crippen LogP contribution in [0.3, 0.4) is 0 Å². The van der Waals surface area contributed by atoms with Crippen LogP contribution in [0, 0.1) is 23.7 Å². The van der Waals surface area contributed by atoms with Crippen molar-refractivity contribution >= 4 is 45.5 Å². The van der Waals surface area contributed by atoms with E-state index < -0.39 is 81.0 Å². The van der Waals surface area contributed by atoms with Crippen molar-refractivity contribution in [3.05, 3.63) is 35.9 Å². The first-order valence-electron chi connectivity index (χ1n) is 26.2. The van der Waals surface area contributed by atoms with E-state index in [0.29, 0.717) is 65.0 Å². The first kappa shape index (κ1) is 63.1. The van der Waals surface area contributed by atoms with Crippen molar-refractivity contribution in [3.63, 3.8) is 0 Å². The molecule has 9 unspecified atom stereocenters. The van der Waals surface area contributed by atoms with Gasteiger partial charge in [0, 0.05) is 40.8 Å². The molecule has 2 aliphatic rings. The standard InChI is InChI=1S/C53H90N6O13S/c1-15-36(6)47(58(12)52(65)45(34(2)3)55-51(64)46(35(4)5)57(11)27-29-71-31-30-70-28-25-44(61)72-53(8,9)10)42(68-13)33-43(60)59-26-19-22-41(59)48(69-14)37(7)49(62)54-40(32-38-20-17-16-18-21-38)50(63)56-73(66,67)39-23-24-39/h16-18,20-21,34-37,39-42,45-48H,15,19,22-33H2,1-14H3,(H,54,62)(H,55,64)(H,56,63). The van der Waals surface area contributed by atoms with Crippen LogP contribution < -0.4 is 15.4 Å². The SMILES string of the molecule is CCC(C)C(C(CC(=O)N1CCCC1C(OC)C(C)C(=O)NC(Cc1ccccc1)C(=O)NS(=O)(=O)C1CC1)OC)N(C)C(=O)C(NC(=O)C(C(C)C)N(C)CCOCCOCCC(=O)OC(C)(C)C)C(C)C. The Morgan fingerprint density at radius 3 is 1.99 bits per heavy atom. The number of benzene rings is 1. The highest BCUT2D eigenvalue weighted by Crippen LogP contribution is 2.31. The fourth-order valence-corrected chi connectivity index (χ4v) is 10.9. The second kappa shape index (κ2) is 29.8. The third-order valence-electron chi connectivity index (χ3n) is 13.8. The molecule has 1 heterocycles. The molecule has 1 saturated heterocycles. The van der Waals surface area contributed by atoms with Crippen LogP contribution in [-0.4, -0.2) is 180 Å². The highest BCUT2D eigenvalue weighted by Gasteiger charge is 2.44. The first-order valence-corrected chi connectivity index (χ1v) is 27.7. The van der Waals surface area contributed by atoms with Crippen LogP contribution in [0.15, 0.2) is 30.3 Å². The topological polar surface area (TPSA) is 229 Å². The van der Waals surface area contributed by atoms with E-state index in [1.807, 2.05) is 80.3 Å². The van der Waals surface area contributed by atoms with E-state index in [4.69, 9.17) is 23.7 Å². The molecular weight excluding hydrogens is 961 g/mol. The Morgan fingerprint density at radius 2 is 1.44 bits per heavy atom. The van der Waals surface area contributed by atoms with E-state index in [1.165, 1.54) is 14.2 Å². The van der Waals surface area contributed by atoms with Gasteiger partial charge in [-0.05, 0) is 76.8 Å². The van der Waals surface area contributed by atoms with E-state index in [2.05, 4.69) is 15.4 Å². The molecule has 73 heavy (non-hydrogen) atoms. The van der Waals surface area contributed by atoms with Gasteiger partial charge in [-0.1, -0.05) is 85.2 Å². The lowest BCUT2D eigenvalue weighted by atomic mass is 9.89. The lowest BCUT2D eigenvalue weighted by Gasteiger charge is -2.41. The Kier molecular flexibility index (Phi) is 25.7. The zero-order valence-electron chi connectivity index (χ0n) is 46.3. The number of likely N-dealkylation sites (tertiary alicyclic amines) is 1. The summed E-state index contributed by atoms with van der Waals surface area (Å²) >= 11 is 0. The second-order valence-electron chi connectivity index (χ2n) is 21.5. The molecule has 1 aromatic rings. The van der Waals surface area contributed by atoms with Crippen molar-refractivity contribution < 1.29 is 60.9 Å². The molecule has 1 aliphatic heterocycles. The maximum absolute atomic E-state index is 14.6. The average Bonchev–Trinajstić information content (AvgIpc) is 4.08. The minimum Gasteiger partial charge on any atom is -0.460 e. The van der Waals surface area contributed by atoms with Crippen LogP contribution >= 0.6 is 0 Å². The van der Waals surface area contributed by atoms with Crippen molar-refractivity contribution in [2.75, 3.05) is 67.8 Å². The zero-order valence-corrected chi connectivity index (χ0v) is 47.1. The van der Waals surface area contributed by atoms with Gasteiger partial charge in [-0.2, -0.15) is 0 Å². The molecule has 0 bridgehead atoms. The lowest BCUT2D eigenvalue weighted by Crippen LogP contribution is -2.60.